The first kappa shape index (κ1) is 13.9. The first-order valence-electron chi connectivity index (χ1n) is 7.64. The zero-order valence-electron chi connectivity index (χ0n) is 12.0. The molecule has 2 fully saturated rings. The van der Waals surface area contributed by atoms with Gasteiger partial charge in [0.2, 0.25) is 0 Å². The van der Waals surface area contributed by atoms with Gasteiger partial charge in [-0.25, -0.2) is 0 Å². The van der Waals surface area contributed by atoms with E-state index < -0.39 is 0 Å². The lowest BCUT2D eigenvalue weighted by molar-refractivity contribution is 0.122. The van der Waals surface area contributed by atoms with Gasteiger partial charge in [0.05, 0.1) is 19.8 Å². The van der Waals surface area contributed by atoms with E-state index >= 15 is 0 Å². The minimum absolute atomic E-state index is 0.246. The van der Waals surface area contributed by atoms with Gasteiger partial charge in [0.1, 0.15) is 0 Å². The summed E-state index contributed by atoms with van der Waals surface area (Å²) in [5.74, 6) is 0. The highest BCUT2D eigenvalue weighted by molar-refractivity contribution is 5.54. The standard InChI is InChI=1S/C16H24N2O2/c19-10-7-18(15-5-6-15)13-14-3-1-2-4-16(14)17-8-11-20-12-9-17/h1-4,15,19H,5-13H2. The molecular formula is C16H24N2O2. The number of rotatable bonds is 6. The zero-order valence-corrected chi connectivity index (χ0v) is 12.0. The van der Waals surface area contributed by atoms with Crippen LogP contribution in [0.3, 0.4) is 0 Å². The van der Waals surface area contributed by atoms with Crippen molar-refractivity contribution < 1.29 is 9.84 Å². The van der Waals surface area contributed by atoms with Crippen molar-refractivity contribution in [3.63, 3.8) is 0 Å². The molecule has 1 saturated heterocycles. The summed E-state index contributed by atoms with van der Waals surface area (Å²) in [6, 6.07) is 9.34. The third-order valence-corrected chi connectivity index (χ3v) is 4.17. The lowest BCUT2D eigenvalue weighted by atomic mass is 10.1. The molecule has 4 nitrogen and oxygen atoms in total. The van der Waals surface area contributed by atoms with E-state index in [1.807, 2.05) is 0 Å². The van der Waals surface area contributed by atoms with Crippen LogP contribution in [0.4, 0.5) is 5.69 Å². The molecule has 1 aromatic rings. The number of nitrogens with zero attached hydrogens (tertiary/aromatic N) is 2. The summed E-state index contributed by atoms with van der Waals surface area (Å²) in [4.78, 5) is 4.84. The van der Waals surface area contributed by atoms with Crippen molar-refractivity contribution >= 4 is 5.69 Å². The van der Waals surface area contributed by atoms with Crippen molar-refractivity contribution in [1.29, 1.82) is 0 Å². The molecule has 0 amide bonds. The molecule has 1 aliphatic heterocycles. The number of hydrogen-bond donors (Lipinski definition) is 1. The first-order chi connectivity index (χ1) is 9.88. The van der Waals surface area contributed by atoms with Gasteiger partial charge in [-0.1, -0.05) is 18.2 Å². The maximum Gasteiger partial charge on any atom is 0.0642 e. The molecule has 1 N–H and O–H groups in total. The number of hydrogen-bond acceptors (Lipinski definition) is 4. The number of anilines is 1. The predicted molar refractivity (Wildman–Crippen MR) is 80.0 cm³/mol. The fourth-order valence-electron chi connectivity index (χ4n) is 2.93. The Balaban J connectivity index is 1.74. The van der Waals surface area contributed by atoms with E-state index in [1.54, 1.807) is 0 Å². The van der Waals surface area contributed by atoms with Gasteiger partial charge in [-0.15, -0.1) is 0 Å². The number of para-hydroxylation sites is 1. The minimum Gasteiger partial charge on any atom is -0.395 e. The van der Waals surface area contributed by atoms with Crippen molar-refractivity contribution in [2.75, 3.05) is 44.4 Å². The highest BCUT2D eigenvalue weighted by Gasteiger charge is 2.29. The van der Waals surface area contributed by atoms with Gasteiger partial charge in [-0.3, -0.25) is 4.90 Å². The molecule has 110 valence electrons. The maximum atomic E-state index is 9.24. The number of aliphatic hydroxyl groups is 1. The highest BCUT2D eigenvalue weighted by Crippen LogP contribution is 2.30. The molecule has 3 rings (SSSR count). The van der Waals surface area contributed by atoms with E-state index in [9.17, 15) is 5.11 Å². The van der Waals surface area contributed by atoms with Gasteiger partial charge in [0.15, 0.2) is 0 Å². The minimum atomic E-state index is 0.246. The monoisotopic (exact) mass is 276 g/mol. The molecule has 20 heavy (non-hydrogen) atoms. The number of benzene rings is 1. The summed E-state index contributed by atoms with van der Waals surface area (Å²) in [6.45, 7) is 5.55. The molecule has 1 aromatic carbocycles. The highest BCUT2D eigenvalue weighted by atomic mass is 16.5. The summed E-state index contributed by atoms with van der Waals surface area (Å²) in [7, 11) is 0. The third kappa shape index (κ3) is 3.32. The van der Waals surface area contributed by atoms with Crippen molar-refractivity contribution in [2.45, 2.75) is 25.4 Å². The fraction of sp³-hybridized carbons (Fsp3) is 0.625. The van der Waals surface area contributed by atoms with Crippen molar-refractivity contribution in [1.82, 2.24) is 4.90 Å². The smallest absolute Gasteiger partial charge is 0.0642 e. The third-order valence-electron chi connectivity index (χ3n) is 4.17. The fourth-order valence-corrected chi connectivity index (χ4v) is 2.93. The molecule has 2 aliphatic rings. The van der Waals surface area contributed by atoms with E-state index in [-0.39, 0.29) is 6.61 Å². The molecule has 0 atom stereocenters. The molecule has 0 bridgehead atoms. The SMILES string of the molecule is OCCN(Cc1ccccc1N1CCOCC1)C1CC1. The van der Waals surface area contributed by atoms with Crippen LogP contribution >= 0.6 is 0 Å². The average molecular weight is 276 g/mol. The lowest BCUT2D eigenvalue weighted by Crippen LogP contribution is -2.37. The van der Waals surface area contributed by atoms with Crippen LogP contribution in [0, 0.1) is 0 Å². The molecule has 0 radical (unpaired) electrons. The first-order valence-corrected chi connectivity index (χ1v) is 7.64. The maximum absolute atomic E-state index is 9.24. The number of morpholine rings is 1. The molecule has 4 heteroatoms. The van der Waals surface area contributed by atoms with E-state index in [0.717, 1.165) is 39.4 Å². The topological polar surface area (TPSA) is 35.9 Å². The van der Waals surface area contributed by atoms with Crippen LogP contribution in [0.15, 0.2) is 24.3 Å². The van der Waals surface area contributed by atoms with Crippen LogP contribution in [0.1, 0.15) is 18.4 Å². The number of ether oxygens (including phenoxy) is 1. The van der Waals surface area contributed by atoms with Gasteiger partial charge in [-0.05, 0) is 24.5 Å². The Morgan fingerprint density at radius 2 is 1.95 bits per heavy atom. The average Bonchev–Trinajstić information content (AvgIpc) is 3.33. The summed E-state index contributed by atoms with van der Waals surface area (Å²) in [5, 5.41) is 9.24. The summed E-state index contributed by atoms with van der Waals surface area (Å²) in [6.07, 6.45) is 2.56. The second-order valence-electron chi connectivity index (χ2n) is 5.65. The molecule has 0 aromatic heterocycles. The van der Waals surface area contributed by atoms with E-state index in [4.69, 9.17) is 4.74 Å². The van der Waals surface area contributed by atoms with Crippen molar-refractivity contribution in [3.05, 3.63) is 29.8 Å². The van der Waals surface area contributed by atoms with Crippen LogP contribution in [0.5, 0.6) is 0 Å². The number of aliphatic hydroxyl groups excluding tert-OH is 1. The second-order valence-corrected chi connectivity index (χ2v) is 5.65. The van der Waals surface area contributed by atoms with E-state index in [2.05, 4.69) is 34.1 Å². The normalized spacial score (nSPS) is 19.6. The van der Waals surface area contributed by atoms with Crippen LogP contribution < -0.4 is 4.90 Å². The predicted octanol–water partition coefficient (Wildman–Crippen LogP) is 1.48. The summed E-state index contributed by atoms with van der Waals surface area (Å²) in [5.41, 5.74) is 2.70. The molecular weight excluding hydrogens is 252 g/mol. The molecule has 1 aliphatic carbocycles. The van der Waals surface area contributed by atoms with Gasteiger partial charge in [0.25, 0.3) is 0 Å². The van der Waals surface area contributed by atoms with Crippen LogP contribution in [0.2, 0.25) is 0 Å². The Labute approximate surface area is 120 Å². The second kappa shape index (κ2) is 6.57. The Kier molecular flexibility index (Phi) is 4.55. The van der Waals surface area contributed by atoms with Crippen molar-refractivity contribution in [2.24, 2.45) is 0 Å². The van der Waals surface area contributed by atoms with Gasteiger partial charge in [0, 0.05) is 37.9 Å². The Bertz CT molecular complexity index is 428. The van der Waals surface area contributed by atoms with Gasteiger partial charge >= 0.3 is 0 Å². The quantitative estimate of drug-likeness (QED) is 0.854. The van der Waals surface area contributed by atoms with Crippen LogP contribution in [-0.4, -0.2) is 55.5 Å². The molecule has 0 unspecified atom stereocenters. The van der Waals surface area contributed by atoms with Crippen LogP contribution in [0.25, 0.3) is 0 Å². The summed E-state index contributed by atoms with van der Waals surface area (Å²) < 4.78 is 5.44. The van der Waals surface area contributed by atoms with E-state index in [0.29, 0.717) is 6.04 Å². The van der Waals surface area contributed by atoms with Gasteiger partial charge < -0.3 is 14.7 Å². The molecule has 1 saturated carbocycles. The summed E-state index contributed by atoms with van der Waals surface area (Å²) >= 11 is 0. The van der Waals surface area contributed by atoms with Crippen LogP contribution in [-0.2, 0) is 11.3 Å². The largest absolute Gasteiger partial charge is 0.395 e. The van der Waals surface area contributed by atoms with Gasteiger partial charge in [-0.2, -0.15) is 0 Å². The lowest BCUT2D eigenvalue weighted by Gasteiger charge is -2.32. The molecule has 0 spiro atoms. The Hall–Kier alpha value is -1.10. The van der Waals surface area contributed by atoms with Crippen molar-refractivity contribution in [3.8, 4) is 0 Å². The zero-order chi connectivity index (χ0) is 13.8. The van der Waals surface area contributed by atoms with E-state index in [1.165, 1.54) is 24.1 Å². The molecule has 1 heterocycles. The Morgan fingerprint density at radius 1 is 1.20 bits per heavy atom. The Morgan fingerprint density at radius 3 is 2.65 bits per heavy atom.